The smallest absolute Gasteiger partial charge is 0.308 e. The number of aliphatic carboxylic acids is 1. The van der Waals surface area contributed by atoms with E-state index in [0.29, 0.717) is 13.1 Å². The molecule has 1 aliphatic heterocycles. The average molecular weight is 316 g/mol. The Bertz CT molecular complexity index is 466. The van der Waals surface area contributed by atoms with E-state index in [9.17, 15) is 9.18 Å². The quantitative estimate of drug-likeness (QED) is 0.932. The van der Waals surface area contributed by atoms with E-state index in [1.165, 1.54) is 12.1 Å². The first kappa shape index (κ1) is 13.5. The molecule has 98 valence electrons. The van der Waals surface area contributed by atoms with Crippen molar-refractivity contribution in [3.05, 3.63) is 34.1 Å². The van der Waals surface area contributed by atoms with Crippen LogP contribution in [0.15, 0.2) is 22.7 Å². The lowest BCUT2D eigenvalue weighted by Gasteiger charge is -2.16. The molecule has 2 unspecified atom stereocenters. The normalized spacial score (nSPS) is 24.4. The molecule has 2 rings (SSSR count). The second kappa shape index (κ2) is 5.36. The fourth-order valence-electron chi connectivity index (χ4n) is 2.41. The van der Waals surface area contributed by atoms with Gasteiger partial charge in [-0.05, 0) is 23.6 Å². The van der Waals surface area contributed by atoms with Crippen molar-refractivity contribution in [3.8, 4) is 0 Å². The predicted molar refractivity (Wildman–Crippen MR) is 69.7 cm³/mol. The predicted octanol–water partition coefficient (Wildman–Crippen LogP) is 2.74. The summed E-state index contributed by atoms with van der Waals surface area (Å²) in [6.07, 6.45) is 0. The minimum Gasteiger partial charge on any atom is -0.481 e. The Morgan fingerprint density at radius 2 is 2.28 bits per heavy atom. The van der Waals surface area contributed by atoms with Gasteiger partial charge in [0.1, 0.15) is 5.82 Å². The molecule has 0 radical (unpaired) electrons. The summed E-state index contributed by atoms with van der Waals surface area (Å²) in [7, 11) is 0. The van der Waals surface area contributed by atoms with Crippen LogP contribution in [0.1, 0.15) is 12.5 Å². The highest BCUT2D eigenvalue weighted by atomic mass is 79.9. The Labute approximate surface area is 114 Å². The van der Waals surface area contributed by atoms with Crippen LogP contribution < -0.4 is 0 Å². The summed E-state index contributed by atoms with van der Waals surface area (Å²) in [5.74, 6) is -1.15. The van der Waals surface area contributed by atoms with E-state index in [2.05, 4.69) is 20.8 Å². The van der Waals surface area contributed by atoms with Crippen molar-refractivity contribution in [3.63, 3.8) is 0 Å². The number of carboxylic acid groups (broad SMARTS) is 1. The van der Waals surface area contributed by atoms with Crippen molar-refractivity contribution in [2.45, 2.75) is 13.5 Å². The SMILES string of the molecule is CC1CN(Cc2ccc(F)cc2Br)CC1C(=O)O. The third-order valence-corrected chi connectivity index (χ3v) is 4.15. The molecule has 1 aromatic carbocycles. The summed E-state index contributed by atoms with van der Waals surface area (Å²) in [4.78, 5) is 13.1. The zero-order chi connectivity index (χ0) is 13.3. The average Bonchev–Trinajstić information content (AvgIpc) is 2.64. The van der Waals surface area contributed by atoms with Crippen molar-refractivity contribution in [2.24, 2.45) is 11.8 Å². The van der Waals surface area contributed by atoms with E-state index < -0.39 is 5.97 Å². The number of hydrogen-bond acceptors (Lipinski definition) is 2. The zero-order valence-electron chi connectivity index (χ0n) is 10.1. The van der Waals surface area contributed by atoms with E-state index in [-0.39, 0.29) is 17.7 Å². The lowest BCUT2D eigenvalue weighted by molar-refractivity contribution is -0.142. The van der Waals surface area contributed by atoms with E-state index in [1.807, 2.05) is 6.92 Å². The maximum Gasteiger partial charge on any atom is 0.308 e. The lowest BCUT2D eigenvalue weighted by atomic mass is 9.99. The van der Waals surface area contributed by atoms with Crippen molar-refractivity contribution in [2.75, 3.05) is 13.1 Å². The molecule has 1 N–H and O–H groups in total. The van der Waals surface area contributed by atoms with E-state index in [0.717, 1.165) is 16.6 Å². The zero-order valence-corrected chi connectivity index (χ0v) is 11.7. The van der Waals surface area contributed by atoms with Crippen molar-refractivity contribution >= 4 is 21.9 Å². The molecule has 3 nitrogen and oxygen atoms in total. The summed E-state index contributed by atoms with van der Waals surface area (Å²) >= 11 is 3.33. The Kier molecular flexibility index (Phi) is 4.02. The van der Waals surface area contributed by atoms with Gasteiger partial charge in [-0.25, -0.2) is 4.39 Å². The van der Waals surface area contributed by atoms with Gasteiger partial charge >= 0.3 is 5.97 Å². The molecular formula is C13H15BrFNO2. The number of nitrogens with zero attached hydrogens (tertiary/aromatic N) is 1. The van der Waals surface area contributed by atoms with Crippen LogP contribution >= 0.6 is 15.9 Å². The van der Waals surface area contributed by atoms with Gasteiger partial charge in [0.2, 0.25) is 0 Å². The minimum absolute atomic E-state index is 0.154. The first-order valence-corrected chi connectivity index (χ1v) is 6.65. The van der Waals surface area contributed by atoms with Gasteiger partial charge in [0.05, 0.1) is 5.92 Å². The highest BCUT2D eigenvalue weighted by Gasteiger charge is 2.34. The fraction of sp³-hybridized carbons (Fsp3) is 0.462. The Hall–Kier alpha value is -0.940. The molecule has 0 bridgehead atoms. The molecule has 0 aliphatic carbocycles. The maximum atomic E-state index is 13.0. The number of likely N-dealkylation sites (tertiary alicyclic amines) is 1. The molecule has 18 heavy (non-hydrogen) atoms. The minimum atomic E-state index is -0.733. The molecule has 0 aromatic heterocycles. The van der Waals surface area contributed by atoms with Gasteiger partial charge in [0.15, 0.2) is 0 Å². The van der Waals surface area contributed by atoms with Gasteiger partial charge in [-0.2, -0.15) is 0 Å². The van der Waals surface area contributed by atoms with E-state index >= 15 is 0 Å². The first-order valence-electron chi connectivity index (χ1n) is 5.86. The highest BCUT2D eigenvalue weighted by molar-refractivity contribution is 9.10. The highest BCUT2D eigenvalue weighted by Crippen LogP contribution is 2.27. The second-order valence-corrected chi connectivity index (χ2v) is 5.71. The molecule has 0 saturated carbocycles. The summed E-state index contributed by atoms with van der Waals surface area (Å²) in [5, 5.41) is 9.07. The number of carboxylic acids is 1. The molecule has 1 aromatic rings. The molecule has 1 saturated heterocycles. The Morgan fingerprint density at radius 1 is 1.56 bits per heavy atom. The molecule has 1 fully saturated rings. The van der Waals surface area contributed by atoms with Crippen LogP contribution in [0.3, 0.4) is 0 Å². The van der Waals surface area contributed by atoms with Crippen LogP contribution in [-0.4, -0.2) is 29.1 Å². The second-order valence-electron chi connectivity index (χ2n) is 4.85. The topological polar surface area (TPSA) is 40.5 Å². The third-order valence-electron chi connectivity index (χ3n) is 3.41. The Balaban J connectivity index is 2.05. The molecule has 0 spiro atoms. The van der Waals surface area contributed by atoms with Crippen LogP contribution in [0.2, 0.25) is 0 Å². The largest absolute Gasteiger partial charge is 0.481 e. The Morgan fingerprint density at radius 3 is 2.83 bits per heavy atom. The number of halogens is 2. The van der Waals surface area contributed by atoms with Crippen LogP contribution in [0, 0.1) is 17.7 Å². The van der Waals surface area contributed by atoms with Crippen molar-refractivity contribution in [1.29, 1.82) is 0 Å². The number of rotatable bonds is 3. The number of benzene rings is 1. The summed E-state index contributed by atoms with van der Waals surface area (Å²) in [5.41, 5.74) is 0.981. The van der Waals surface area contributed by atoms with Crippen molar-refractivity contribution in [1.82, 2.24) is 4.90 Å². The van der Waals surface area contributed by atoms with Gasteiger partial charge in [-0.1, -0.05) is 28.9 Å². The fourth-order valence-corrected chi connectivity index (χ4v) is 2.88. The van der Waals surface area contributed by atoms with Gasteiger partial charge < -0.3 is 5.11 Å². The molecule has 0 amide bonds. The lowest BCUT2D eigenvalue weighted by Crippen LogP contribution is -2.23. The molecular weight excluding hydrogens is 301 g/mol. The van der Waals surface area contributed by atoms with Crippen LogP contribution in [0.5, 0.6) is 0 Å². The maximum absolute atomic E-state index is 13.0. The standard InChI is InChI=1S/C13H15BrFNO2/c1-8-5-16(7-11(8)13(17)18)6-9-2-3-10(15)4-12(9)14/h2-4,8,11H,5-7H2,1H3,(H,17,18). The first-order chi connectivity index (χ1) is 8.47. The van der Waals surface area contributed by atoms with E-state index in [4.69, 9.17) is 5.11 Å². The molecule has 2 atom stereocenters. The molecule has 5 heteroatoms. The van der Waals surface area contributed by atoms with Gasteiger partial charge in [0, 0.05) is 24.1 Å². The summed E-state index contributed by atoms with van der Waals surface area (Å²) < 4.78 is 13.7. The van der Waals surface area contributed by atoms with Gasteiger partial charge in [0.25, 0.3) is 0 Å². The number of hydrogen-bond donors (Lipinski definition) is 1. The van der Waals surface area contributed by atoms with Gasteiger partial charge in [-0.3, -0.25) is 9.69 Å². The molecule has 1 heterocycles. The summed E-state index contributed by atoms with van der Waals surface area (Å²) in [6, 6.07) is 4.59. The van der Waals surface area contributed by atoms with Crippen molar-refractivity contribution < 1.29 is 14.3 Å². The third kappa shape index (κ3) is 2.90. The van der Waals surface area contributed by atoms with Crippen LogP contribution in [0.4, 0.5) is 4.39 Å². The van der Waals surface area contributed by atoms with E-state index in [1.54, 1.807) is 6.07 Å². The number of carbonyl (C=O) groups is 1. The monoisotopic (exact) mass is 315 g/mol. The van der Waals surface area contributed by atoms with Crippen LogP contribution in [-0.2, 0) is 11.3 Å². The van der Waals surface area contributed by atoms with Gasteiger partial charge in [-0.15, -0.1) is 0 Å². The summed E-state index contributed by atoms with van der Waals surface area (Å²) in [6.45, 7) is 3.93. The molecule has 1 aliphatic rings. The van der Waals surface area contributed by atoms with Crippen LogP contribution in [0.25, 0.3) is 0 Å².